The lowest BCUT2D eigenvalue weighted by Gasteiger charge is -2.22. The van der Waals surface area contributed by atoms with Crippen LogP contribution in [0, 0.1) is 0 Å². The van der Waals surface area contributed by atoms with Crippen molar-refractivity contribution < 1.29 is 95.6 Å². The van der Waals surface area contributed by atoms with Crippen LogP contribution in [0.2, 0.25) is 0 Å². The summed E-state index contributed by atoms with van der Waals surface area (Å²) in [6.45, 7) is 7.90. The number of ketones is 4. The molecule has 4 atom stereocenters. The van der Waals surface area contributed by atoms with Gasteiger partial charge in [-0.25, -0.2) is 38.5 Å². The Kier molecular flexibility index (Phi) is 31.2. The summed E-state index contributed by atoms with van der Waals surface area (Å²) in [5, 5.41) is 0. The highest BCUT2D eigenvalue weighted by molar-refractivity contribution is 6.18. The molecule has 4 unspecified atom stereocenters. The Morgan fingerprint density at radius 3 is 0.745 bits per heavy atom. The molecule has 0 amide bonds. The van der Waals surface area contributed by atoms with E-state index in [-0.39, 0.29) is 48.7 Å². The normalized spacial score (nSPS) is 12.1. The van der Waals surface area contributed by atoms with Crippen LogP contribution in [0.3, 0.4) is 0 Å². The van der Waals surface area contributed by atoms with Crippen molar-refractivity contribution in [1.82, 2.24) is 0 Å². The number of hydrogen-bond acceptors (Lipinski definition) is 20. The lowest BCUT2D eigenvalue weighted by Crippen LogP contribution is -2.35. The van der Waals surface area contributed by atoms with E-state index in [1.165, 1.54) is 72.8 Å². The zero-order chi connectivity index (χ0) is 67.5. The summed E-state index contributed by atoms with van der Waals surface area (Å²) < 4.78 is 44.6. The molecule has 6 aromatic carbocycles. The van der Waals surface area contributed by atoms with Gasteiger partial charge in [0.25, 0.3) is 0 Å². The number of hydrogen-bond donors (Lipinski definition) is 0. The Hall–Kier alpha value is -9.98. The van der Waals surface area contributed by atoms with Gasteiger partial charge in [0.05, 0.1) is 11.1 Å². The van der Waals surface area contributed by atoms with E-state index in [1.807, 2.05) is 27.7 Å². The average Bonchev–Trinajstić information content (AvgIpc) is 0.796. The number of benzene rings is 6. The quantitative estimate of drug-likeness (QED) is 0.00663. The van der Waals surface area contributed by atoms with Crippen molar-refractivity contribution >= 4 is 59.7 Å². The predicted molar refractivity (Wildman–Crippen MR) is 345 cm³/mol. The fraction of sp³-hybridized carbons (Fsp3) is 0.378. The molecule has 498 valence electrons. The minimum Gasteiger partial charge on any atom is -0.422 e. The summed E-state index contributed by atoms with van der Waals surface area (Å²) >= 11 is 0. The maximum atomic E-state index is 15.4. The number of carbonyl (C=O) groups excluding carboxylic acids is 10. The second-order valence-corrected chi connectivity index (χ2v) is 22.1. The van der Waals surface area contributed by atoms with Crippen LogP contribution in [-0.2, 0) is 28.7 Å². The first-order valence-corrected chi connectivity index (χ1v) is 32.3. The van der Waals surface area contributed by atoms with E-state index in [4.69, 9.17) is 47.7 Å². The molecule has 0 aliphatic heterocycles. The van der Waals surface area contributed by atoms with Gasteiger partial charge in [-0.2, -0.15) is 0 Å². The minimum absolute atomic E-state index is 0.0615. The van der Waals surface area contributed by atoms with Gasteiger partial charge in [-0.3, -0.25) is 19.2 Å². The second-order valence-electron chi connectivity index (χ2n) is 22.1. The fourth-order valence-corrected chi connectivity index (χ4v) is 10.1. The first-order chi connectivity index (χ1) is 45.6. The molecule has 0 aliphatic rings. The van der Waals surface area contributed by atoms with Crippen molar-refractivity contribution in [3.05, 3.63) is 191 Å². The number of ether oxygens (including phenoxy) is 8. The van der Waals surface area contributed by atoms with Gasteiger partial charge in [0, 0.05) is 22.3 Å². The zero-order valence-electron chi connectivity index (χ0n) is 53.6. The first kappa shape index (κ1) is 73.1. The van der Waals surface area contributed by atoms with Crippen molar-refractivity contribution in [2.75, 3.05) is 0 Å². The molecular weight excluding hydrogens is 1210 g/mol. The Morgan fingerprint density at radius 2 is 0.500 bits per heavy atom. The summed E-state index contributed by atoms with van der Waals surface area (Å²) in [6.07, 6.45) is -2.17. The van der Waals surface area contributed by atoms with Crippen LogP contribution in [0.4, 0.5) is 19.2 Å². The monoisotopic (exact) mass is 1290 g/mol. The first-order valence-electron chi connectivity index (χ1n) is 32.3. The van der Waals surface area contributed by atoms with Crippen LogP contribution in [0.5, 0.6) is 23.0 Å². The standard InChI is InChI=1S/C74H82O20/c1-5-9-13-29-47-59(89-71(81)85-51-35-21-17-22-36-51)65(75)55-43-33-45-57(63(55)67(77)61(49-31-15-11-7-3)91-73(83)87-53-39-25-19-26-40-53)69(79)93-94-70(80)58-46-34-44-56(66(76)60(48-30-14-10-6-2)90-72(82)86-52-37-23-18-24-38-52)64(58)68(78)62(50-32-16-12-8-4)92-74(84)88-54-41-27-20-28-42-54/h17-28,33-46,59-62H,5-16,29-32,47-50H2,1-4H3. The van der Waals surface area contributed by atoms with Crippen molar-refractivity contribution in [3.8, 4) is 23.0 Å². The highest BCUT2D eigenvalue weighted by Crippen LogP contribution is 2.30. The lowest BCUT2D eigenvalue weighted by molar-refractivity contribution is -0.187. The van der Waals surface area contributed by atoms with E-state index in [1.54, 1.807) is 72.8 Å². The molecule has 0 bridgehead atoms. The molecule has 0 aliphatic carbocycles. The molecule has 0 fully saturated rings. The SMILES string of the molecule is CCCCCCC(OC(=O)Oc1ccccc1)C(=O)c1cccc(C(=O)OOC(=O)c2cccc(C(=O)C(CCCCCC)OC(=O)Oc3ccccc3)c2C(=O)C(CCCCCC)OC(=O)Oc2ccccc2)c1C(=O)C(CCCCCC)OC(=O)Oc1ccccc1. The van der Waals surface area contributed by atoms with Gasteiger partial charge >= 0.3 is 36.6 Å². The third-order valence-electron chi connectivity index (χ3n) is 15.0. The number of unbranched alkanes of at least 4 members (excludes halogenated alkanes) is 12. The Morgan fingerprint density at radius 1 is 0.266 bits per heavy atom. The third-order valence-corrected chi connectivity index (χ3v) is 15.0. The van der Waals surface area contributed by atoms with Gasteiger partial charge in [0.15, 0.2) is 24.4 Å². The summed E-state index contributed by atoms with van der Waals surface area (Å²) in [4.78, 5) is 155. The van der Waals surface area contributed by atoms with Gasteiger partial charge in [-0.15, -0.1) is 0 Å². The van der Waals surface area contributed by atoms with Crippen LogP contribution in [0.25, 0.3) is 0 Å². The smallest absolute Gasteiger partial charge is 0.422 e. The van der Waals surface area contributed by atoms with Gasteiger partial charge in [0.2, 0.25) is 23.1 Å². The van der Waals surface area contributed by atoms with Crippen molar-refractivity contribution in [1.29, 1.82) is 0 Å². The second kappa shape index (κ2) is 40.1. The minimum atomic E-state index is -1.72. The highest BCUT2D eigenvalue weighted by Gasteiger charge is 2.39. The van der Waals surface area contributed by atoms with Crippen molar-refractivity contribution in [2.24, 2.45) is 0 Å². The molecule has 20 heteroatoms. The largest absolute Gasteiger partial charge is 0.514 e. The van der Waals surface area contributed by atoms with E-state index in [9.17, 15) is 28.8 Å². The molecule has 0 N–H and O–H groups in total. The topological polar surface area (TPSA) is 263 Å². The molecule has 0 heterocycles. The van der Waals surface area contributed by atoms with E-state index in [2.05, 4.69) is 0 Å². The van der Waals surface area contributed by atoms with Crippen LogP contribution < -0.4 is 18.9 Å². The van der Waals surface area contributed by atoms with Crippen LogP contribution in [0.1, 0.15) is 218 Å². The van der Waals surface area contributed by atoms with Crippen LogP contribution >= 0.6 is 0 Å². The van der Waals surface area contributed by atoms with E-state index >= 15 is 19.2 Å². The summed E-state index contributed by atoms with van der Waals surface area (Å²) in [5.41, 5.74) is -3.70. The maximum absolute atomic E-state index is 15.4. The molecule has 20 nitrogen and oxygen atoms in total. The molecule has 94 heavy (non-hydrogen) atoms. The number of Topliss-reactive ketones (excluding diaryl/α,β-unsaturated/α-hetero) is 4. The molecule has 0 saturated carbocycles. The Balaban J connectivity index is 1.45. The van der Waals surface area contributed by atoms with Crippen LogP contribution in [-0.4, -0.2) is 84.1 Å². The van der Waals surface area contributed by atoms with Crippen molar-refractivity contribution in [3.63, 3.8) is 0 Å². The Labute approximate surface area is 547 Å². The molecule has 0 radical (unpaired) electrons. The molecular formula is C74H82O20. The lowest BCUT2D eigenvalue weighted by atomic mass is 9.88. The van der Waals surface area contributed by atoms with Gasteiger partial charge in [-0.05, 0) is 112 Å². The zero-order valence-corrected chi connectivity index (χ0v) is 53.6. The summed E-state index contributed by atoms with van der Waals surface area (Å²) in [5.74, 6) is -6.85. The molecule has 6 aromatic rings. The summed E-state index contributed by atoms with van der Waals surface area (Å²) in [7, 11) is 0. The molecule has 6 rings (SSSR count). The van der Waals surface area contributed by atoms with E-state index in [0.29, 0.717) is 51.4 Å². The van der Waals surface area contributed by atoms with E-state index in [0.717, 1.165) is 63.5 Å². The predicted octanol–water partition coefficient (Wildman–Crippen LogP) is 17.6. The maximum Gasteiger partial charge on any atom is 0.514 e. The highest BCUT2D eigenvalue weighted by atomic mass is 17.2. The summed E-state index contributed by atoms with van der Waals surface area (Å²) in [6, 6.07) is 38.6. The number of rotatable bonds is 38. The number of carbonyl (C=O) groups is 10. The van der Waals surface area contributed by atoms with Crippen LogP contribution in [0.15, 0.2) is 158 Å². The molecule has 0 spiro atoms. The fourth-order valence-electron chi connectivity index (χ4n) is 10.1. The Bertz CT molecular complexity index is 3200. The average molecular weight is 1290 g/mol. The van der Waals surface area contributed by atoms with Crippen molar-refractivity contribution in [2.45, 2.75) is 181 Å². The van der Waals surface area contributed by atoms with E-state index < -0.39 is 117 Å². The van der Waals surface area contributed by atoms with Gasteiger partial charge in [-0.1, -0.05) is 202 Å². The number of para-hydroxylation sites is 4. The molecule has 0 aromatic heterocycles. The molecule has 0 saturated heterocycles. The third kappa shape index (κ3) is 23.6. The van der Waals surface area contributed by atoms with Gasteiger partial charge < -0.3 is 37.9 Å². The van der Waals surface area contributed by atoms with Gasteiger partial charge in [0.1, 0.15) is 23.0 Å².